The SMILES string of the molecule is COC(=O)C1=C(C(=O)OC)C2(O[C@H]1c1ccc(Br)cc1)C(=O)c1ccccc1C2=O. The Kier molecular flexibility index (Phi) is 4.91. The Morgan fingerprint density at radius 3 is 1.93 bits per heavy atom. The highest BCUT2D eigenvalue weighted by molar-refractivity contribution is 9.10. The highest BCUT2D eigenvalue weighted by Crippen LogP contribution is 2.51. The Balaban J connectivity index is 2.01. The number of ketones is 2. The first kappa shape index (κ1) is 20.2. The van der Waals surface area contributed by atoms with E-state index in [1.807, 2.05) is 0 Å². The average Bonchev–Trinajstić information content (AvgIpc) is 3.23. The number of hydrogen-bond donors (Lipinski definition) is 0. The van der Waals surface area contributed by atoms with Crippen LogP contribution in [0.3, 0.4) is 0 Å². The maximum Gasteiger partial charge on any atom is 0.338 e. The zero-order valence-electron chi connectivity index (χ0n) is 15.9. The van der Waals surface area contributed by atoms with Gasteiger partial charge in [-0.25, -0.2) is 9.59 Å². The lowest BCUT2D eigenvalue weighted by atomic mass is 9.86. The van der Waals surface area contributed by atoms with Gasteiger partial charge in [-0.1, -0.05) is 52.3 Å². The zero-order valence-corrected chi connectivity index (χ0v) is 17.5. The van der Waals surface area contributed by atoms with Crippen molar-refractivity contribution in [1.29, 1.82) is 0 Å². The molecule has 0 saturated carbocycles. The fourth-order valence-corrected chi connectivity index (χ4v) is 4.12. The highest BCUT2D eigenvalue weighted by Gasteiger charge is 2.66. The van der Waals surface area contributed by atoms with Crippen LogP contribution in [0.5, 0.6) is 0 Å². The first-order valence-electron chi connectivity index (χ1n) is 8.90. The molecule has 0 fully saturated rings. The van der Waals surface area contributed by atoms with Gasteiger partial charge >= 0.3 is 11.9 Å². The van der Waals surface area contributed by atoms with Gasteiger partial charge in [0.1, 0.15) is 6.10 Å². The molecule has 0 radical (unpaired) electrons. The third kappa shape index (κ3) is 2.68. The van der Waals surface area contributed by atoms with Crippen molar-refractivity contribution in [3.05, 3.63) is 80.8 Å². The molecule has 0 bridgehead atoms. The predicted octanol–water partition coefficient (Wildman–Crippen LogP) is 2.98. The summed E-state index contributed by atoms with van der Waals surface area (Å²) in [7, 11) is 2.24. The number of rotatable bonds is 3. The van der Waals surface area contributed by atoms with Crippen LogP contribution in [0.15, 0.2) is 64.1 Å². The second-order valence-corrected chi connectivity index (χ2v) is 7.62. The summed E-state index contributed by atoms with van der Waals surface area (Å²) in [5.41, 5.74) is -2.29. The number of methoxy groups -OCH3 is 2. The molecule has 152 valence electrons. The van der Waals surface area contributed by atoms with Crippen LogP contribution in [0, 0.1) is 0 Å². The van der Waals surface area contributed by atoms with Crippen LogP contribution in [-0.4, -0.2) is 43.3 Å². The molecule has 8 heteroatoms. The van der Waals surface area contributed by atoms with Crippen LogP contribution in [0.1, 0.15) is 32.4 Å². The van der Waals surface area contributed by atoms with Gasteiger partial charge in [-0.2, -0.15) is 0 Å². The third-order valence-electron chi connectivity index (χ3n) is 5.20. The van der Waals surface area contributed by atoms with Crippen molar-refractivity contribution >= 4 is 39.4 Å². The molecule has 0 aromatic heterocycles. The second-order valence-electron chi connectivity index (χ2n) is 6.71. The molecule has 0 saturated heterocycles. The van der Waals surface area contributed by atoms with E-state index in [9.17, 15) is 19.2 Å². The number of hydrogen-bond acceptors (Lipinski definition) is 7. The van der Waals surface area contributed by atoms with Gasteiger partial charge in [0, 0.05) is 15.6 Å². The van der Waals surface area contributed by atoms with E-state index < -0.39 is 40.8 Å². The first-order chi connectivity index (χ1) is 14.4. The summed E-state index contributed by atoms with van der Waals surface area (Å²) in [5, 5.41) is 0. The van der Waals surface area contributed by atoms with Crippen LogP contribution in [0.25, 0.3) is 0 Å². The van der Waals surface area contributed by atoms with Crippen LogP contribution >= 0.6 is 15.9 Å². The van der Waals surface area contributed by atoms with Gasteiger partial charge in [0.15, 0.2) is 0 Å². The molecule has 1 aliphatic heterocycles. The van der Waals surface area contributed by atoms with Crippen LogP contribution < -0.4 is 0 Å². The minimum atomic E-state index is -2.31. The van der Waals surface area contributed by atoms with E-state index >= 15 is 0 Å². The molecule has 1 aliphatic carbocycles. The number of benzene rings is 2. The normalized spacial score (nSPS) is 19.2. The van der Waals surface area contributed by atoms with Gasteiger partial charge in [0.05, 0.1) is 25.4 Å². The maximum atomic E-state index is 13.4. The lowest BCUT2D eigenvalue weighted by Crippen LogP contribution is -2.46. The van der Waals surface area contributed by atoms with Gasteiger partial charge in [0.25, 0.3) is 0 Å². The smallest absolute Gasteiger partial charge is 0.338 e. The van der Waals surface area contributed by atoms with Crippen molar-refractivity contribution in [3.8, 4) is 0 Å². The Morgan fingerprint density at radius 2 is 1.43 bits per heavy atom. The Labute approximate surface area is 179 Å². The minimum Gasteiger partial charge on any atom is -0.466 e. The lowest BCUT2D eigenvalue weighted by Gasteiger charge is -2.23. The fourth-order valence-electron chi connectivity index (χ4n) is 3.86. The molecule has 1 atom stereocenters. The topological polar surface area (TPSA) is 96.0 Å². The summed E-state index contributed by atoms with van der Waals surface area (Å²) < 4.78 is 16.5. The number of carbonyl (C=O) groups excluding carboxylic acids is 4. The van der Waals surface area contributed by atoms with Crippen molar-refractivity contribution in [3.63, 3.8) is 0 Å². The van der Waals surface area contributed by atoms with Crippen LogP contribution in [0.2, 0.25) is 0 Å². The van der Waals surface area contributed by atoms with Gasteiger partial charge in [0.2, 0.25) is 17.2 Å². The summed E-state index contributed by atoms with van der Waals surface area (Å²) in [5.74, 6) is -3.34. The molecule has 0 amide bonds. The van der Waals surface area contributed by atoms with E-state index in [-0.39, 0.29) is 16.7 Å². The summed E-state index contributed by atoms with van der Waals surface area (Å²) in [6.45, 7) is 0. The molecular weight excluding hydrogens is 456 g/mol. The van der Waals surface area contributed by atoms with Gasteiger partial charge in [-0.3, -0.25) is 9.59 Å². The molecule has 7 nitrogen and oxygen atoms in total. The van der Waals surface area contributed by atoms with Crippen molar-refractivity contribution in [2.24, 2.45) is 0 Å². The Bertz CT molecular complexity index is 1100. The Morgan fingerprint density at radius 1 is 0.900 bits per heavy atom. The van der Waals surface area contributed by atoms with Crippen molar-refractivity contribution in [2.75, 3.05) is 14.2 Å². The van der Waals surface area contributed by atoms with Gasteiger partial charge < -0.3 is 14.2 Å². The van der Waals surface area contributed by atoms with Crippen LogP contribution in [-0.2, 0) is 23.8 Å². The average molecular weight is 471 g/mol. The van der Waals surface area contributed by atoms with E-state index in [1.165, 1.54) is 12.1 Å². The monoisotopic (exact) mass is 470 g/mol. The van der Waals surface area contributed by atoms with Crippen molar-refractivity contribution in [2.45, 2.75) is 11.7 Å². The van der Waals surface area contributed by atoms with E-state index in [0.717, 1.165) is 18.7 Å². The molecular formula is C22H15BrO7. The molecule has 0 N–H and O–H groups in total. The van der Waals surface area contributed by atoms with Crippen molar-refractivity contribution < 1.29 is 33.4 Å². The molecule has 2 aliphatic rings. The van der Waals surface area contributed by atoms with E-state index in [1.54, 1.807) is 36.4 Å². The molecule has 2 aromatic carbocycles. The Hall–Kier alpha value is -3.10. The molecule has 1 spiro atoms. The van der Waals surface area contributed by atoms with E-state index in [0.29, 0.717) is 5.56 Å². The predicted molar refractivity (Wildman–Crippen MR) is 107 cm³/mol. The number of ether oxygens (including phenoxy) is 3. The van der Waals surface area contributed by atoms with Crippen molar-refractivity contribution in [1.82, 2.24) is 0 Å². The van der Waals surface area contributed by atoms with E-state index in [2.05, 4.69) is 15.9 Å². The number of fused-ring (bicyclic) bond motifs is 1. The quantitative estimate of drug-likeness (QED) is 0.502. The summed E-state index contributed by atoms with van der Waals surface area (Å²) in [6, 6.07) is 12.9. The minimum absolute atomic E-state index is 0.115. The molecule has 2 aromatic rings. The molecule has 4 rings (SSSR count). The van der Waals surface area contributed by atoms with E-state index in [4.69, 9.17) is 14.2 Å². The molecule has 0 unspecified atom stereocenters. The largest absolute Gasteiger partial charge is 0.466 e. The van der Waals surface area contributed by atoms with Crippen LogP contribution in [0.4, 0.5) is 0 Å². The third-order valence-corrected chi connectivity index (χ3v) is 5.73. The summed E-state index contributed by atoms with van der Waals surface area (Å²) >= 11 is 3.33. The fraction of sp³-hybridized carbons (Fsp3) is 0.182. The van der Waals surface area contributed by atoms with Gasteiger partial charge in [-0.05, 0) is 17.7 Å². The molecule has 1 heterocycles. The lowest BCUT2D eigenvalue weighted by molar-refractivity contribution is -0.139. The number of carbonyl (C=O) groups is 4. The highest BCUT2D eigenvalue weighted by atomic mass is 79.9. The second kappa shape index (κ2) is 7.30. The maximum absolute atomic E-state index is 13.4. The standard InChI is InChI=1S/C22H15BrO7/c1-28-20(26)15-16(21(27)29-2)22(30-17(15)11-7-9-12(23)10-8-11)18(24)13-5-3-4-6-14(13)19(22)25/h3-10,17H,1-2H3/t17-/m0/s1. The number of esters is 2. The summed E-state index contributed by atoms with van der Waals surface area (Å²) in [6.07, 6.45) is -1.18. The molecule has 30 heavy (non-hydrogen) atoms. The number of Topliss-reactive ketones (excluding diaryl/α,β-unsaturated/α-hetero) is 2. The van der Waals surface area contributed by atoms with Gasteiger partial charge in [-0.15, -0.1) is 0 Å². The number of halogens is 1. The first-order valence-corrected chi connectivity index (χ1v) is 9.69. The zero-order chi connectivity index (χ0) is 21.6. The summed E-state index contributed by atoms with van der Waals surface area (Å²) in [4.78, 5) is 52.3.